The van der Waals surface area contributed by atoms with Crippen molar-refractivity contribution in [1.29, 1.82) is 0 Å². The van der Waals surface area contributed by atoms with Gasteiger partial charge in [0.1, 0.15) is 4.47 Å². The van der Waals surface area contributed by atoms with Crippen molar-refractivity contribution in [2.24, 2.45) is 0 Å². The van der Waals surface area contributed by atoms with E-state index < -0.39 is 0 Å². The van der Waals surface area contributed by atoms with E-state index >= 15 is 0 Å². The Bertz CT molecular complexity index is 506. The van der Waals surface area contributed by atoms with E-state index in [0.29, 0.717) is 17.1 Å². The maximum Gasteiger partial charge on any atom is 0.283 e. The van der Waals surface area contributed by atoms with E-state index in [1.54, 1.807) is 6.20 Å². The third kappa shape index (κ3) is 3.79. The first-order valence-electron chi connectivity index (χ1n) is 7.29. The second kappa shape index (κ2) is 7.50. The van der Waals surface area contributed by atoms with Gasteiger partial charge in [0.15, 0.2) is 0 Å². The van der Waals surface area contributed by atoms with E-state index in [0.717, 1.165) is 17.4 Å². The summed E-state index contributed by atoms with van der Waals surface area (Å²) in [6.07, 6.45) is 6.27. The van der Waals surface area contributed by atoms with Crippen molar-refractivity contribution in [2.45, 2.75) is 57.4 Å². The number of nitrogens with one attached hydrogen (secondary N) is 1. The molecule has 0 aliphatic heterocycles. The van der Waals surface area contributed by atoms with Crippen molar-refractivity contribution in [3.8, 4) is 0 Å². The van der Waals surface area contributed by atoms with Crippen LogP contribution >= 0.6 is 27.7 Å². The van der Waals surface area contributed by atoms with Crippen molar-refractivity contribution in [3.05, 3.63) is 21.0 Å². The maximum atomic E-state index is 12.1. The predicted molar refractivity (Wildman–Crippen MR) is 89.7 cm³/mol. The fourth-order valence-electron chi connectivity index (χ4n) is 2.61. The average Bonchev–Trinajstić information content (AvgIpc) is 2.86. The van der Waals surface area contributed by atoms with Crippen molar-refractivity contribution < 1.29 is 0 Å². The summed E-state index contributed by atoms with van der Waals surface area (Å²) in [6, 6.07) is 0.457. The first kappa shape index (κ1) is 15.9. The van der Waals surface area contributed by atoms with E-state index in [9.17, 15) is 4.79 Å². The molecule has 1 saturated carbocycles. The van der Waals surface area contributed by atoms with Crippen LogP contribution < -0.4 is 10.9 Å². The second-order valence-corrected chi connectivity index (χ2v) is 7.50. The molecule has 1 aliphatic carbocycles. The van der Waals surface area contributed by atoms with Gasteiger partial charge in [-0.3, -0.25) is 4.79 Å². The van der Waals surface area contributed by atoms with E-state index in [2.05, 4.69) is 33.3 Å². The van der Waals surface area contributed by atoms with Gasteiger partial charge in [0.05, 0.1) is 11.9 Å². The summed E-state index contributed by atoms with van der Waals surface area (Å²) in [4.78, 5) is 12.1. The molecule has 1 aromatic rings. The molecule has 0 radical (unpaired) electrons. The van der Waals surface area contributed by atoms with Gasteiger partial charge in [-0.15, -0.1) is 0 Å². The van der Waals surface area contributed by atoms with Crippen LogP contribution in [0.3, 0.4) is 0 Å². The van der Waals surface area contributed by atoms with Gasteiger partial charge in [-0.1, -0.05) is 13.8 Å². The molecular weight excluding hydrogens is 338 g/mol. The van der Waals surface area contributed by atoms with Crippen LogP contribution in [0.25, 0.3) is 0 Å². The summed E-state index contributed by atoms with van der Waals surface area (Å²) >= 11 is 5.45. The van der Waals surface area contributed by atoms with E-state index in [1.807, 2.05) is 18.7 Å². The highest BCUT2D eigenvalue weighted by Crippen LogP contribution is 2.32. The smallest absolute Gasteiger partial charge is 0.283 e. The number of aryl methyl sites for hydroxylation is 1. The van der Waals surface area contributed by atoms with Crippen LogP contribution in [0, 0.1) is 0 Å². The second-order valence-electron chi connectivity index (χ2n) is 5.13. The van der Waals surface area contributed by atoms with Gasteiger partial charge < -0.3 is 5.32 Å². The third-order valence-electron chi connectivity index (χ3n) is 3.57. The SMILES string of the molecule is CCCn1ncc(NC2CCC(SCC)C2)c(Br)c1=O. The largest absolute Gasteiger partial charge is 0.380 e. The van der Waals surface area contributed by atoms with Gasteiger partial charge in [-0.05, 0) is 47.4 Å². The molecule has 20 heavy (non-hydrogen) atoms. The highest BCUT2D eigenvalue weighted by molar-refractivity contribution is 9.10. The van der Waals surface area contributed by atoms with Gasteiger partial charge >= 0.3 is 0 Å². The van der Waals surface area contributed by atoms with Gasteiger partial charge in [0.2, 0.25) is 0 Å². The number of hydrogen-bond donors (Lipinski definition) is 1. The highest BCUT2D eigenvalue weighted by atomic mass is 79.9. The Balaban J connectivity index is 2.04. The lowest BCUT2D eigenvalue weighted by molar-refractivity contribution is 0.565. The molecule has 0 bridgehead atoms. The van der Waals surface area contributed by atoms with Crippen LogP contribution in [0.5, 0.6) is 0 Å². The molecule has 0 aromatic carbocycles. The molecule has 2 rings (SSSR count). The normalized spacial score (nSPS) is 22.1. The molecule has 0 saturated heterocycles. The molecule has 0 spiro atoms. The quantitative estimate of drug-likeness (QED) is 0.844. The van der Waals surface area contributed by atoms with Gasteiger partial charge in [0.25, 0.3) is 5.56 Å². The van der Waals surface area contributed by atoms with Crippen LogP contribution in [0.2, 0.25) is 0 Å². The van der Waals surface area contributed by atoms with Crippen LogP contribution in [-0.4, -0.2) is 26.8 Å². The summed E-state index contributed by atoms with van der Waals surface area (Å²) in [6.45, 7) is 4.91. The van der Waals surface area contributed by atoms with Gasteiger partial charge in [-0.2, -0.15) is 16.9 Å². The van der Waals surface area contributed by atoms with Crippen LogP contribution in [-0.2, 0) is 6.54 Å². The summed E-state index contributed by atoms with van der Waals surface area (Å²) < 4.78 is 2.12. The topological polar surface area (TPSA) is 46.9 Å². The van der Waals surface area contributed by atoms with Gasteiger partial charge in [-0.25, -0.2) is 4.68 Å². The van der Waals surface area contributed by atoms with Crippen molar-refractivity contribution in [1.82, 2.24) is 9.78 Å². The lowest BCUT2D eigenvalue weighted by Crippen LogP contribution is -2.26. The molecule has 1 fully saturated rings. The van der Waals surface area contributed by atoms with E-state index in [-0.39, 0.29) is 5.56 Å². The zero-order valence-corrected chi connectivity index (χ0v) is 14.5. The molecular formula is C14H22BrN3OS. The van der Waals surface area contributed by atoms with Crippen LogP contribution in [0.15, 0.2) is 15.5 Å². The molecule has 1 N–H and O–H groups in total. The predicted octanol–water partition coefficient (Wildman–Crippen LogP) is 3.50. The lowest BCUT2D eigenvalue weighted by Gasteiger charge is -2.16. The summed E-state index contributed by atoms with van der Waals surface area (Å²) in [5.41, 5.74) is 0.781. The minimum absolute atomic E-state index is 0.0469. The summed E-state index contributed by atoms with van der Waals surface area (Å²) in [7, 11) is 0. The Morgan fingerprint density at radius 1 is 1.50 bits per heavy atom. The summed E-state index contributed by atoms with van der Waals surface area (Å²) in [5.74, 6) is 1.18. The van der Waals surface area contributed by atoms with E-state index in [1.165, 1.54) is 29.7 Å². The van der Waals surface area contributed by atoms with Crippen molar-refractivity contribution >= 4 is 33.4 Å². The number of anilines is 1. The number of halogens is 1. The number of thioether (sulfide) groups is 1. The molecule has 1 aromatic heterocycles. The number of nitrogens with zero attached hydrogens (tertiary/aromatic N) is 2. The standard InChI is InChI=1S/C14H22BrN3OS/c1-3-7-18-14(19)13(15)12(9-16-18)17-10-5-6-11(8-10)20-4-2/h9-11,17H,3-8H2,1-2H3. The molecule has 1 aliphatic rings. The number of aromatic nitrogens is 2. The van der Waals surface area contributed by atoms with Gasteiger partial charge in [0, 0.05) is 17.8 Å². The highest BCUT2D eigenvalue weighted by Gasteiger charge is 2.25. The Hall–Kier alpha value is -0.490. The van der Waals surface area contributed by atoms with Crippen molar-refractivity contribution in [2.75, 3.05) is 11.1 Å². The zero-order chi connectivity index (χ0) is 14.5. The Morgan fingerprint density at radius 3 is 3.00 bits per heavy atom. The molecule has 2 unspecified atom stereocenters. The maximum absolute atomic E-state index is 12.1. The minimum Gasteiger partial charge on any atom is -0.380 e. The third-order valence-corrected chi connectivity index (χ3v) is 5.57. The fraction of sp³-hybridized carbons (Fsp3) is 0.714. The molecule has 4 nitrogen and oxygen atoms in total. The Labute approximate surface area is 132 Å². The Kier molecular flexibility index (Phi) is 5.96. The fourth-order valence-corrected chi connectivity index (χ4v) is 4.18. The summed E-state index contributed by atoms with van der Waals surface area (Å²) in [5, 5.41) is 8.46. The van der Waals surface area contributed by atoms with Crippen LogP contribution in [0.4, 0.5) is 5.69 Å². The molecule has 112 valence electrons. The number of rotatable bonds is 6. The molecule has 6 heteroatoms. The van der Waals surface area contributed by atoms with Crippen molar-refractivity contribution in [3.63, 3.8) is 0 Å². The first-order chi connectivity index (χ1) is 9.65. The molecule has 0 amide bonds. The average molecular weight is 360 g/mol. The minimum atomic E-state index is -0.0469. The monoisotopic (exact) mass is 359 g/mol. The van der Waals surface area contributed by atoms with Crippen LogP contribution in [0.1, 0.15) is 39.5 Å². The Morgan fingerprint density at radius 2 is 2.30 bits per heavy atom. The lowest BCUT2D eigenvalue weighted by atomic mass is 10.2. The van der Waals surface area contributed by atoms with E-state index in [4.69, 9.17) is 0 Å². The zero-order valence-electron chi connectivity index (χ0n) is 12.1. The number of hydrogen-bond acceptors (Lipinski definition) is 4. The molecule has 2 atom stereocenters. The first-order valence-corrected chi connectivity index (χ1v) is 9.13. The molecule has 1 heterocycles.